The van der Waals surface area contributed by atoms with Crippen molar-refractivity contribution in [2.45, 2.75) is 37.8 Å². The Morgan fingerprint density at radius 1 is 0.944 bits per heavy atom. The Kier molecular flexibility index (Phi) is 6.62. The van der Waals surface area contributed by atoms with Crippen molar-refractivity contribution in [1.82, 2.24) is 25.5 Å². The predicted molar refractivity (Wildman–Crippen MR) is 131 cm³/mol. The average molecular weight is 486 g/mol. The van der Waals surface area contributed by atoms with Crippen molar-refractivity contribution < 1.29 is 19.1 Å². The summed E-state index contributed by atoms with van der Waals surface area (Å²) in [6.07, 6.45) is 7.41. The molecule has 2 heterocycles. The molecule has 5 rings (SSSR count). The molecule has 1 saturated carbocycles. The SMILES string of the molecule is O=C(NC1(C(=O)NCc2ccc(Oc3ccccc3C(=O)N3CCCC3)cc2)CC1)c1cncnc1. The Labute approximate surface area is 208 Å². The second-order valence-electron chi connectivity index (χ2n) is 9.09. The Balaban J connectivity index is 1.17. The van der Waals surface area contributed by atoms with Crippen LogP contribution in [0, 0.1) is 0 Å². The van der Waals surface area contributed by atoms with Gasteiger partial charge in [0.25, 0.3) is 11.8 Å². The molecule has 1 aromatic heterocycles. The first-order chi connectivity index (χ1) is 17.5. The molecule has 36 heavy (non-hydrogen) atoms. The van der Waals surface area contributed by atoms with E-state index in [2.05, 4.69) is 20.6 Å². The van der Waals surface area contributed by atoms with E-state index in [9.17, 15) is 14.4 Å². The lowest BCUT2D eigenvalue weighted by Gasteiger charge is -2.18. The van der Waals surface area contributed by atoms with Crippen LogP contribution in [0.2, 0.25) is 0 Å². The van der Waals surface area contributed by atoms with Crippen molar-refractivity contribution >= 4 is 17.7 Å². The number of benzene rings is 2. The Morgan fingerprint density at radius 3 is 2.33 bits per heavy atom. The molecule has 3 amide bonds. The van der Waals surface area contributed by atoms with Gasteiger partial charge in [0, 0.05) is 32.0 Å². The fraction of sp³-hybridized carbons (Fsp3) is 0.296. The maximum absolute atomic E-state index is 12.9. The van der Waals surface area contributed by atoms with Crippen molar-refractivity contribution in [1.29, 1.82) is 0 Å². The number of para-hydroxylation sites is 1. The Bertz CT molecular complexity index is 1250. The molecular formula is C27H27N5O4. The van der Waals surface area contributed by atoms with Crippen molar-refractivity contribution in [3.8, 4) is 11.5 Å². The maximum atomic E-state index is 12.9. The zero-order valence-electron chi connectivity index (χ0n) is 19.8. The zero-order valence-corrected chi connectivity index (χ0v) is 19.8. The van der Waals surface area contributed by atoms with E-state index in [1.165, 1.54) is 18.7 Å². The second kappa shape index (κ2) is 10.2. The summed E-state index contributed by atoms with van der Waals surface area (Å²) in [5.41, 5.74) is 0.864. The van der Waals surface area contributed by atoms with Gasteiger partial charge in [-0.1, -0.05) is 24.3 Å². The van der Waals surface area contributed by atoms with Crippen molar-refractivity contribution in [3.05, 3.63) is 83.9 Å². The fourth-order valence-electron chi connectivity index (χ4n) is 4.22. The number of nitrogens with zero attached hydrogens (tertiary/aromatic N) is 3. The van der Waals surface area contributed by atoms with Crippen LogP contribution in [0.3, 0.4) is 0 Å². The topological polar surface area (TPSA) is 114 Å². The molecule has 9 heteroatoms. The van der Waals surface area contributed by atoms with Crippen molar-refractivity contribution in [2.24, 2.45) is 0 Å². The second-order valence-corrected chi connectivity index (χ2v) is 9.09. The standard InChI is InChI=1S/C27H27N5O4/c33-24(20-16-28-18-29-17-20)31-27(11-12-27)26(35)30-15-19-7-9-21(10-8-19)36-23-6-2-1-5-22(23)25(34)32-13-3-4-14-32/h1-2,5-10,16-18H,3-4,11-15H2,(H,30,35)(H,31,33). The number of aromatic nitrogens is 2. The minimum Gasteiger partial charge on any atom is -0.457 e. The molecule has 1 saturated heterocycles. The third kappa shape index (κ3) is 5.19. The molecule has 3 aromatic rings. The molecule has 0 unspecified atom stereocenters. The van der Waals surface area contributed by atoms with Gasteiger partial charge in [-0.15, -0.1) is 0 Å². The number of rotatable bonds is 8. The van der Waals surface area contributed by atoms with E-state index in [4.69, 9.17) is 4.74 Å². The molecule has 0 atom stereocenters. The van der Waals surface area contributed by atoms with Gasteiger partial charge in [-0.3, -0.25) is 14.4 Å². The lowest BCUT2D eigenvalue weighted by Crippen LogP contribution is -2.48. The van der Waals surface area contributed by atoms with Crippen molar-refractivity contribution in [3.63, 3.8) is 0 Å². The molecule has 1 aliphatic carbocycles. The Morgan fingerprint density at radius 2 is 1.64 bits per heavy atom. The number of hydrogen-bond acceptors (Lipinski definition) is 6. The van der Waals surface area contributed by atoms with Gasteiger partial charge in [0.1, 0.15) is 23.4 Å². The molecule has 0 bridgehead atoms. The average Bonchev–Trinajstić information content (AvgIpc) is 3.49. The highest BCUT2D eigenvalue weighted by molar-refractivity contribution is 6.00. The minimum absolute atomic E-state index is 0.0108. The van der Waals surface area contributed by atoms with Gasteiger partial charge < -0.3 is 20.3 Å². The lowest BCUT2D eigenvalue weighted by atomic mass is 10.1. The Hall–Kier alpha value is -4.27. The molecular weight excluding hydrogens is 458 g/mol. The molecule has 9 nitrogen and oxygen atoms in total. The summed E-state index contributed by atoms with van der Waals surface area (Å²) in [4.78, 5) is 47.6. The smallest absolute Gasteiger partial charge is 0.257 e. The van der Waals surface area contributed by atoms with E-state index in [-0.39, 0.29) is 17.7 Å². The van der Waals surface area contributed by atoms with Gasteiger partial charge >= 0.3 is 0 Å². The van der Waals surface area contributed by atoms with Gasteiger partial charge in [-0.25, -0.2) is 9.97 Å². The molecule has 2 fully saturated rings. The first-order valence-electron chi connectivity index (χ1n) is 12.0. The highest BCUT2D eigenvalue weighted by Crippen LogP contribution is 2.36. The third-order valence-corrected chi connectivity index (χ3v) is 6.48. The summed E-state index contributed by atoms with van der Waals surface area (Å²) in [5, 5.41) is 5.72. The quantitative estimate of drug-likeness (QED) is 0.507. The molecule has 184 valence electrons. The lowest BCUT2D eigenvalue weighted by molar-refractivity contribution is -0.124. The van der Waals surface area contributed by atoms with E-state index in [0.717, 1.165) is 31.5 Å². The summed E-state index contributed by atoms with van der Waals surface area (Å²) in [7, 11) is 0. The van der Waals surface area contributed by atoms with Crippen LogP contribution in [0.4, 0.5) is 0 Å². The number of carbonyl (C=O) groups is 3. The highest BCUT2D eigenvalue weighted by atomic mass is 16.5. The summed E-state index contributed by atoms with van der Waals surface area (Å²) < 4.78 is 6.03. The van der Waals surface area contributed by atoms with E-state index >= 15 is 0 Å². The normalized spacial score (nSPS) is 15.7. The van der Waals surface area contributed by atoms with Crippen LogP contribution in [-0.2, 0) is 11.3 Å². The first-order valence-corrected chi connectivity index (χ1v) is 12.0. The molecule has 2 N–H and O–H groups in total. The van der Waals surface area contributed by atoms with Gasteiger partial charge in [0.05, 0.1) is 11.1 Å². The van der Waals surface area contributed by atoms with Gasteiger partial charge in [0.15, 0.2) is 0 Å². The van der Waals surface area contributed by atoms with Crippen LogP contribution < -0.4 is 15.4 Å². The largest absolute Gasteiger partial charge is 0.457 e. The summed E-state index contributed by atoms with van der Waals surface area (Å²) in [6.45, 7) is 1.87. The number of likely N-dealkylation sites (tertiary alicyclic amines) is 1. The van der Waals surface area contributed by atoms with E-state index in [0.29, 0.717) is 42.0 Å². The van der Waals surface area contributed by atoms with E-state index in [1.807, 2.05) is 41.3 Å². The molecule has 1 aliphatic heterocycles. The molecule has 2 aromatic carbocycles. The summed E-state index contributed by atoms with van der Waals surface area (Å²) in [5.74, 6) is 0.521. The molecule has 0 radical (unpaired) electrons. The van der Waals surface area contributed by atoms with E-state index < -0.39 is 5.54 Å². The third-order valence-electron chi connectivity index (χ3n) is 6.48. The number of carbonyl (C=O) groups excluding carboxylic acids is 3. The van der Waals surface area contributed by atoms with Gasteiger partial charge in [-0.2, -0.15) is 0 Å². The minimum atomic E-state index is -0.887. The fourth-order valence-corrected chi connectivity index (χ4v) is 4.22. The number of amides is 3. The van der Waals surface area contributed by atoms with Crippen LogP contribution in [-0.4, -0.2) is 51.2 Å². The number of ether oxygens (including phenoxy) is 1. The highest BCUT2D eigenvalue weighted by Gasteiger charge is 2.51. The molecule has 2 aliphatic rings. The summed E-state index contributed by atoms with van der Waals surface area (Å²) in [6, 6.07) is 14.6. The van der Waals surface area contributed by atoms with Crippen LogP contribution in [0.15, 0.2) is 67.3 Å². The van der Waals surface area contributed by atoms with Crippen LogP contribution in [0.25, 0.3) is 0 Å². The first kappa shape index (κ1) is 23.5. The van der Waals surface area contributed by atoms with Crippen LogP contribution in [0.1, 0.15) is 52.0 Å². The van der Waals surface area contributed by atoms with E-state index in [1.54, 1.807) is 12.1 Å². The van der Waals surface area contributed by atoms with Crippen molar-refractivity contribution in [2.75, 3.05) is 13.1 Å². The van der Waals surface area contributed by atoms with Gasteiger partial charge in [0.2, 0.25) is 5.91 Å². The summed E-state index contributed by atoms with van der Waals surface area (Å²) >= 11 is 0. The van der Waals surface area contributed by atoms with Crippen LogP contribution >= 0.6 is 0 Å². The number of nitrogens with one attached hydrogen (secondary N) is 2. The monoisotopic (exact) mass is 485 g/mol. The van der Waals surface area contributed by atoms with Gasteiger partial charge in [-0.05, 0) is 55.5 Å². The zero-order chi connectivity index (χ0) is 25.0. The van der Waals surface area contributed by atoms with Crippen LogP contribution in [0.5, 0.6) is 11.5 Å². The maximum Gasteiger partial charge on any atom is 0.257 e. The predicted octanol–water partition coefficient (Wildman–Crippen LogP) is 3.08. The molecule has 0 spiro atoms. The number of hydrogen-bond donors (Lipinski definition) is 2.